The Hall–Kier alpha value is -1.42. The van der Waals surface area contributed by atoms with E-state index < -0.39 is 0 Å². The van der Waals surface area contributed by atoms with E-state index in [1.54, 1.807) is 6.20 Å². The lowest BCUT2D eigenvalue weighted by atomic mass is 10.1. The number of hydrogen-bond acceptors (Lipinski definition) is 3. The molecule has 2 rings (SSSR count). The van der Waals surface area contributed by atoms with Crippen molar-refractivity contribution in [2.75, 3.05) is 13.1 Å². The Bertz CT molecular complexity index is 372. The first kappa shape index (κ1) is 11.1. The van der Waals surface area contributed by atoms with Gasteiger partial charge >= 0.3 is 0 Å². The van der Waals surface area contributed by atoms with Crippen molar-refractivity contribution in [2.24, 2.45) is 0 Å². The fourth-order valence-electron chi connectivity index (χ4n) is 1.91. The number of nitrogens with one attached hydrogen (secondary N) is 2. The number of aromatic nitrogens is 1. The van der Waals surface area contributed by atoms with Gasteiger partial charge in [0.05, 0.1) is 12.1 Å². The van der Waals surface area contributed by atoms with Crippen LogP contribution < -0.4 is 10.6 Å². The standard InChI is InChI=1S/C12H17N3O/c1-9-3-2-5-14-11(9)7-12(16)15-10-4-6-13-8-10/h2-3,5,10,13H,4,6-8H2,1H3,(H,15,16)/t10-/m0/s1. The van der Waals surface area contributed by atoms with Crippen LogP contribution in [-0.2, 0) is 11.2 Å². The van der Waals surface area contributed by atoms with Gasteiger partial charge in [0, 0.05) is 18.8 Å². The van der Waals surface area contributed by atoms with Gasteiger partial charge in [0.15, 0.2) is 0 Å². The van der Waals surface area contributed by atoms with Crippen LogP contribution in [0.15, 0.2) is 18.3 Å². The maximum Gasteiger partial charge on any atom is 0.226 e. The Balaban J connectivity index is 1.89. The number of nitrogens with zero attached hydrogens (tertiary/aromatic N) is 1. The van der Waals surface area contributed by atoms with Crippen molar-refractivity contribution in [3.05, 3.63) is 29.6 Å². The van der Waals surface area contributed by atoms with Crippen LogP contribution in [0.1, 0.15) is 17.7 Å². The largest absolute Gasteiger partial charge is 0.352 e. The lowest BCUT2D eigenvalue weighted by Crippen LogP contribution is -2.37. The third kappa shape index (κ3) is 2.79. The average molecular weight is 219 g/mol. The smallest absolute Gasteiger partial charge is 0.226 e. The molecule has 1 saturated heterocycles. The van der Waals surface area contributed by atoms with E-state index in [1.165, 1.54) is 0 Å². The second-order valence-corrected chi connectivity index (χ2v) is 4.20. The molecule has 1 amide bonds. The molecule has 0 bridgehead atoms. The fourth-order valence-corrected chi connectivity index (χ4v) is 1.91. The predicted molar refractivity (Wildman–Crippen MR) is 62.1 cm³/mol. The molecule has 0 spiro atoms. The molecule has 0 aromatic carbocycles. The van der Waals surface area contributed by atoms with E-state index >= 15 is 0 Å². The summed E-state index contributed by atoms with van der Waals surface area (Å²) in [4.78, 5) is 16.0. The van der Waals surface area contributed by atoms with E-state index in [0.29, 0.717) is 6.42 Å². The Morgan fingerprint density at radius 3 is 3.25 bits per heavy atom. The quantitative estimate of drug-likeness (QED) is 0.774. The highest BCUT2D eigenvalue weighted by Gasteiger charge is 2.17. The minimum atomic E-state index is 0.0653. The topological polar surface area (TPSA) is 54.0 Å². The number of amides is 1. The van der Waals surface area contributed by atoms with Gasteiger partial charge in [-0.1, -0.05) is 6.07 Å². The van der Waals surface area contributed by atoms with Crippen molar-refractivity contribution in [2.45, 2.75) is 25.8 Å². The van der Waals surface area contributed by atoms with Crippen LogP contribution >= 0.6 is 0 Å². The van der Waals surface area contributed by atoms with Crippen LogP contribution in [0, 0.1) is 6.92 Å². The van der Waals surface area contributed by atoms with Gasteiger partial charge in [-0.15, -0.1) is 0 Å². The Labute approximate surface area is 95.5 Å². The van der Waals surface area contributed by atoms with Crippen LogP contribution in [0.25, 0.3) is 0 Å². The molecule has 0 unspecified atom stereocenters. The summed E-state index contributed by atoms with van der Waals surface area (Å²) in [7, 11) is 0. The number of carbonyl (C=O) groups is 1. The van der Waals surface area contributed by atoms with Crippen LogP contribution in [0.3, 0.4) is 0 Å². The highest BCUT2D eigenvalue weighted by Crippen LogP contribution is 2.04. The predicted octanol–water partition coefficient (Wildman–Crippen LogP) is 0.411. The van der Waals surface area contributed by atoms with Crippen molar-refractivity contribution in [3.63, 3.8) is 0 Å². The zero-order valence-corrected chi connectivity index (χ0v) is 9.49. The summed E-state index contributed by atoms with van der Waals surface area (Å²) in [6, 6.07) is 4.15. The van der Waals surface area contributed by atoms with Crippen molar-refractivity contribution in [3.8, 4) is 0 Å². The summed E-state index contributed by atoms with van der Waals surface area (Å²) < 4.78 is 0. The third-order valence-electron chi connectivity index (χ3n) is 2.87. The van der Waals surface area contributed by atoms with Crippen LogP contribution in [-0.4, -0.2) is 30.0 Å². The molecule has 1 aromatic heterocycles. The van der Waals surface area contributed by atoms with Gasteiger partial charge in [-0.05, 0) is 31.5 Å². The molecule has 4 nitrogen and oxygen atoms in total. The molecular formula is C12H17N3O. The van der Waals surface area contributed by atoms with E-state index in [-0.39, 0.29) is 11.9 Å². The SMILES string of the molecule is Cc1cccnc1CC(=O)N[C@H]1CCNC1. The van der Waals surface area contributed by atoms with Crippen LogP contribution in [0.5, 0.6) is 0 Å². The number of aryl methyl sites for hydroxylation is 1. The number of hydrogen-bond donors (Lipinski definition) is 2. The van der Waals surface area contributed by atoms with Gasteiger partial charge < -0.3 is 10.6 Å². The average Bonchev–Trinajstić information content (AvgIpc) is 2.74. The van der Waals surface area contributed by atoms with E-state index in [4.69, 9.17) is 0 Å². The molecule has 1 atom stereocenters. The molecule has 1 fully saturated rings. The molecule has 86 valence electrons. The van der Waals surface area contributed by atoms with E-state index in [0.717, 1.165) is 30.8 Å². The summed E-state index contributed by atoms with van der Waals surface area (Å²) in [6.07, 6.45) is 3.13. The van der Waals surface area contributed by atoms with Gasteiger partial charge in [0.25, 0.3) is 0 Å². The van der Waals surface area contributed by atoms with Gasteiger partial charge in [0.2, 0.25) is 5.91 Å². The van der Waals surface area contributed by atoms with Crippen LogP contribution in [0.4, 0.5) is 0 Å². The molecule has 1 aliphatic heterocycles. The molecule has 4 heteroatoms. The summed E-state index contributed by atoms with van der Waals surface area (Å²) in [5.41, 5.74) is 1.94. The molecule has 0 saturated carbocycles. The lowest BCUT2D eigenvalue weighted by Gasteiger charge is -2.11. The molecule has 0 aliphatic carbocycles. The first-order chi connectivity index (χ1) is 7.75. The number of rotatable bonds is 3. The van der Waals surface area contributed by atoms with Crippen molar-refractivity contribution < 1.29 is 4.79 Å². The van der Waals surface area contributed by atoms with Gasteiger partial charge in [-0.3, -0.25) is 9.78 Å². The Kier molecular flexibility index (Phi) is 3.51. The first-order valence-corrected chi connectivity index (χ1v) is 5.66. The molecule has 2 heterocycles. The molecule has 1 aliphatic rings. The molecule has 16 heavy (non-hydrogen) atoms. The monoisotopic (exact) mass is 219 g/mol. The van der Waals surface area contributed by atoms with Crippen molar-refractivity contribution in [1.29, 1.82) is 0 Å². The zero-order chi connectivity index (χ0) is 11.4. The Morgan fingerprint density at radius 1 is 1.69 bits per heavy atom. The maximum absolute atomic E-state index is 11.7. The van der Waals surface area contributed by atoms with Gasteiger partial charge in [-0.2, -0.15) is 0 Å². The van der Waals surface area contributed by atoms with E-state index in [2.05, 4.69) is 15.6 Å². The number of pyridine rings is 1. The van der Waals surface area contributed by atoms with Crippen molar-refractivity contribution >= 4 is 5.91 Å². The summed E-state index contributed by atoms with van der Waals surface area (Å²) >= 11 is 0. The maximum atomic E-state index is 11.7. The van der Waals surface area contributed by atoms with E-state index in [1.807, 2.05) is 19.1 Å². The molecule has 2 N–H and O–H groups in total. The fraction of sp³-hybridized carbons (Fsp3) is 0.500. The zero-order valence-electron chi connectivity index (χ0n) is 9.49. The van der Waals surface area contributed by atoms with Gasteiger partial charge in [-0.25, -0.2) is 0 Å². The highest BCUT2D eigenvalue weighted by atomic mass is 16.1. The third-order valence-corrected chi connectivity index (χ3v) is 2.87. The van der Waals surface area contributed by atoms with Gasteiger partial charge in [0.1, 0.15) is 0 Å². The second-order valence-electron chi connectivity index (χ2n) is 4.20. The Morgan fingerprint density at radius 2 is 2.56 bits per heavy atom. The van der Waals surface area contributed by atoms with E-state index in [9.17, 15) is 4.79 Å². The minimum absolute atomic E-state index is 0.0653. The van der Waals surface area contributed by atoms with Crippen molar-refractivity contribution in [1.82, 2.24) is 15.6 Å². The lowest BCUT2D eigenvalue weighted by molar-refractivity contribution is -0.121. The second kappa shape index (κ2) is 5.07. The highest BCUT2D eigenvalue weighted by molar-refractivity contribution is 5.78. The first-order valence-electron chi connectivity index (χ1n) is 5.66. The summed E-state index contributed by atoms with van der Waals surface area (Å²) in [5, 5.41) is 6.24. The molecular weight excluding hydrogens is 202 g/mol. The molecule has 0 radical (unpaired) electrons. The number of carbonyl (C=O) groups excluding carboxylic acids is 1. The van der Waals surface area contributed by atoms with Crippen LogP contribution in [0.2, 0.25) is 0 Å². The summed E-state index contributed by atoms with van der Waals surface area (Å²) in [6.45, 7) is 3.85. The molecule has 1 aromatic rings. The minimum Gasteiger partial charge on any atom is -0.352 e. The summed E-state index contributed by atoms with van der Waals surface area (Å²) in [5.74, 6) is 0.0653. The normalized spacial score (nSPS) is 19.7.